The molecular weight excluding hydrogens is 275 g/mol. The van der Waals surface area contributed by atoms with Crippen molar-refractivity contribution in [3.05, 3.63) is 0 Å². The topological polar surface area (TPSA) is 63.3 Å². The van der Waals surface area contributed by atoms with Crippen molar-refractivity contribution in [1.82, 2.24) is 0 Å². The Balaban J connectivity index is 0. The van der Waals surface area contributed by atoms with Crippen LogP contribution in [0.3, 0.4) is 0 Å². The molecule has 0 radical (unpaired) electrons. The third-order valence-corrected chi connectivity index (χ3v) is 1.60. The number of carbonyl (C=O) groups is 1. The second-order valence-corrected chi connectivity index (χ2v) is 3.33. The summed E-state index contributed by atoms with van der Waals surface area (Å²) in [4.78, 5) is 10.3. The first-order chi connectivity index (χ1) is 5.06. The quantitative estimate of drug-likeness (QED) is 0.773. The predicted molar refractivity (Wildman–Crippen MR) is 51.4 cm³/mol. The van der Waals surface area contributed by atoms with E-state index in [9.17, 15) is 4.79 Å². The van der Waals surface area contributed by atoms with E-state index in [2.05, 4.69) is 13.8 Å². The summed E-state index contributed by atoms with van der Waals surface area (Å²) in [5.74, 6) is -0.0727. The predicted octanol–water partition coefficient (Wildman–Crippen LogP) is 0.434. The van der Waals surface area contributed by atoms with Crippen LogP contribution in [0.2, 0.25) is 0 Å². The van der Waals surface area contributed by atoms with Crippen LogP contribution in [0.15, 0.2) is 0 Å². The monoisotopic (exact) mass is 293 g/mol. The molecule has 0 aliphatic carbocycles. The minimum atomic E-state index is -0.749. The van der Waals surface area contributed by atoms with Crippen LogP contribution in [-0.2, 0) is 4.79 Å². The van der Waals surface area contributed by atoms with Gasteiger partial charge in [0.25, 0.3) is 0 Å². The molecule has 0 spiro atoms. The van der Waals surface area contributed by atoms with Gasteiger partial charge in [-0.25, -0.2) is 0 Å². The first-order valence-electron chi connectivity index (χ1n) is 3.98. The van der Waals surface area contributed by atoms with Crippen molar-refractivity contribution in [3.63, 3.8) is 0 Å². The van der Waals surface area contributed by atoms with E-state index in [1.807, 2.05) is 0 Å². The van der Waals surface area contributed by atoms with Crippen LogP contribution in [0.5, 0.6) is 0 Å². The van der Waals surface area contributed by atoms with E-state index in [4.69, 9.17) is 10.8 Å². The van der Waals surface area contributed by atoms with Gasteiger partial charge in [-0.05, 0) is 24.8 Å². The number of carboxylic acids is 1. The van der Waals surface area contributed by atoms with Crippen molar-refractivity contribution in [2.45, 2.75) is 26.7 Å². The molecule has 4 heteroatoms. The molecule has 12 heavy (non-hydrogen) atoms. The summed E-state index contributed by atoms with van der Waals surface area (Å²) in [7, 11) is 0. The summed E-state index contributed by atoms with van der Waals surface area (Å²) in [6.45, 7) is 4.62. The Labute approximate surface area is 133 Å². The van der Waals surface area contributed by atoms with Crippen LogP contribution < -0.4 is 5.73 Å². The second kappa shape index (κ2) is 9.05. The van der Waals surface area contributed by atoms with E-state index in [1.165, 1.54) is 0 Å². The first kappa shape index (κ1) is 15.9. The van der Waals surface area contributed by atoms with Gasteiger partial charge in [-0.3, -0.25) is 4.79 Å². The van der Waals surface area contributed by atoms with E-state index >= 15 is 0 Å². The van der Waals surface area contributed by atoms with E-state index in [0.29, 0.717) is 12.5 Å². The molecule has 3 nitrogen and oxygen atoms in total. The standard InChI is InChI=1S/C8H17NO2.Cs.H/c1-6(2)3-7(5-9)4-8(10)11;;/h6-7H,3-5,9H2,1-2H3,(H,10,11);;. The first-order valence-corrected chi connectivity index (χ1v) is 3.98. The molecule has 1 unspecified atom stereocenters. The number of rotatable bonds is 5. The molecule has 0 aromatic rings. The van der Waals surface area contributed by atoms with Crippen LogP contribution in [0.4, 0.5) is 0 Å². The maximum absolute atomic E-state index is 10.3. The van der Waals surface area contributed by atoms with E-state index in [1.54, 1.807) is 0 Å². The van der Waals surface area contributed by atoms with Gasteiger partial charge in [0.15, 0.2) is 0 Å². The molecule has 0 amide bonds. The zero-order valence-corrected chi connectivity index (χ0v) is 7.21. The van der Waals surface area contributed by atoms with Crippen LogP contribution >= 0.6 is 0 Å². The molecule has 0 saturated carbocycles. The molecule has 0 aromatic heterocycles. The summed E-state index contributed by atoms with van der Waals surface area (Å²) < 4.78 is 0. The molecule has 0 bridgehead atoms. The third kappa shape index (κ3) is 9.57. The molecule has 0 fully saturated rings. The number of hydrogen-bond donors (Lipinski definition) is 2. The van der Waals surface area contributed by atoms with Gasteiger partial charge >= 0.3 is 74.9 Å². The van der Waals surface area contributed by atoms with Crippen molar-refractivity contribution < 1.29 is 9.90 Å². The summed E-state index contributed by atoms with van der Waals surface area (Å²) in [5, 5.41) is 8.47. The summed E-state index contributed by atoms with van der Waals surface area (Å²) >= 11 is 0. The number of carboxylic acid groups (broad SMARTS) is 1. The van der Waals surface area contributed by atoms with Gasteiger partial charge in [0, 0.05) is 6.42 Å². The van der Waals surface area contributed by atoms with Gasteiger partial charge in [0.05, 0.1) is 0 Å². The maximum atomic E-state index is 10.3. The molecule has 3 N–H and O–H groups in total. The SMILES string of the molecule is CC(C)CC(CN)CC(=O)O.[CsH]. The average molecular weight is 293 g/mol. The zero-order valence-electron chi connectivity index (χ0n) is 7.21. The molecule has 68 valence electrons. The van der Waals surface area contributed by atoms with Crippen molar-refractivity contribution in [2.24, 2.45) is 17.6 Å². The van der Waals surface area contributed by atoms with Crippen molar-refractivity contribution >= 4 is 74.9 Å². The van der Waals surface area contributed by atoms with Gasteiger partial charge in [-0.15, -0.1) is 0 Å². The van der Waals surface area contributed by atoms with Crippen molar-refractivity contribution in [3.8, 4) is 0 Å². The van der Waals surface area contributed by atoms with Crippen LogP contribution in [0, 0.1) is 11.8 Å². The van der Waals surface area contributed by atoms with E-state index in [-0.39, 0.29) is 81.2 Å². The number of hydrogen-bond acceptors (Lipinski definition) is 2. The summed E-state index contributed by atoms with van der Waals surface area (Å²) in [6, 6.07) is 0. The van der Waals surface area contributed by atoms with Crippen LogP contribution in [-0.4, -0.2) is 86.5 Å². The molecular formula is C8H18CsNO2. The van der Waals surface area contributed by atoms with Gasteiger partial charge in [0.1, 0.15) is 0 Å². The molecule has 0 saturated heterocycles. The van der Waals surface area contributed by atoms with Gasteiger partial charge in [-0.1, -0.05) is 13.8 Å². The van der Waals surface area contributed by atoms with E-state index < -0.39 is 5.97 Å². The fourth-order valence-corrected chi connectivity index (χ4v) is 1.18. The average Bonchev–Trinajstić information content (AvgIpc) is 1.84. The molecule has 1 atom stereocenters. The Morgan fingerprint density at radius 3 is 2.25 bits per heavy atom. The molecule has 0 rings (SSSR count). The summed E-state index contributed by atoms with van der Waals surface area (Å²) in [5.41, 5.74) is 5.41. The molecule has 0 aliphatic rings. The zero-order chi connectivity index (χ0) is 8.85. The number of aliphatic carboxylic acids is 1. The fourth-order valence-electron chi connectivity index (χ4n) is 1.18. The normalized spacial score (nSPS) is 12.3. The van der Waals surface area contributed by atoms with Gasteiger partial charge in [-0.2, -0.15) is 0 Å². The van der Waals surface area contributed by atoms with Crippen LogP contribution in [0.1, 0.15) is 26.7 Å². The molecule has 0 aliphatic heterocycles. The third-order valence-electron chi connectivity index (χ3n) is 1.60. The molecule has 0 aromatic carbocycles. The summed E-state index contributed by atoms with van der Waals surface area (Å²) in [6.07, 6.45) is 1.11. The Kier molecular flexibility index (Phi) is 12.0. The van der Waals surface area contributed by atoms with Gasteiger partial charge in [0.2, 0.25) is 0 Å². The Morgan fingerprint density at radius 2 is 2.00 bits per heavy atom. The van der Waals surface area contributed by atoms with Crippen molar-refractivity contribution in [2.75, 3.05) is 6.54 Å². The van der Waals surface area contributed by atoms with Crippen LogP contribution in [0.25, 0.3) is 0 Å². The Hall–Kier alpha value is 1.48. The Bertz CT molecular complexity index is 128. The number of nitrogens with two attached hydrogens (primary N) is 1. The van der Waals surface area contributed by atoms with Gasteiger partial charge < -0.3 is 10.8 Å². The minimum absolute atomic E-state index is 0. The Morgan fingerprint density at radius 1 is 1.50 bits per heavy atom. The fraction of sp³-hybridized carbons (Fsp3) is 0.875. The molecule has 0 heterocycles. The second-order valence-electron chi connectivity index (χ2n) is 3.33. The van der Waals surface area contributed by atoms with E-state index in [0.717, 1.165) is 6.42 Å². The van der Waals surface area contributed by atoms with Crippen molar-refractivity contribution in [1.29, 1.82) is 0 Å².